The van der Waals surface area contributed by atoms with Gasteiger partial charge in [-0.3, -0.25) is 14.3 Å². The first-order chi connectivity index (χ1) is 15.1. The molecule has 0 amide bonds. The Morgan fingerprint density at radius 1 is 1.26 bits per heavy atom. The zero-order valence-electron chi connectivity index (χ0n) is 17.3. The summed E-state index contributed by atoms with van der Waals surface area (Å²) in [5.74, 6) is -0.203. The van der Waals surface area contributed by atoms with Crippen molar-refractivity contribution in [2.24, 2.45) is 0 Å². The summed E-state index contributed by atoms with van der Waals surface area (Å²) >= 11 is 1.62. The van der Waals surface area contributed by atoms with E-state index in [0.717, 1.165) is 51.9 Å². The van der Waals surface area contributed by atoms with E-state index >= 15 is 0 Å². The molecule has 0 unspecified atom stereocenters. The van der Waals surface area contributed by atoms with Crippen LogP contribution in [0.2, 0.25) is 0 Å². The van der Waals surface area contributed by atoms with Gasteiger partial charge in [-0.2, -0.15) is 0 Å². The predicted octanol–water partition coefficient (Wildman–Crippen LogP) is 4.00. The number of fused-ring (bicyclic) bond motifs is 3. The fraction of sp³-hybridized carbons (Fsp3) is 0.292. The average molecular weight is 435 g/mol. The SMILES string of the molecule is Cc1ccc(F)cc1CN[C@H]1CCc2c(sc3ncn(Cc4ccccn4)c(=O)c23)C1. The molecule has 0 radical (unpaired) electrons. The predicted molar refractivity (Wildman–Crippen MR) is 121 cm³/mol. The number of nitrogens with zero attached hydrogens (tertiary/aromatic N) is 3. The maximum atomic E-state index is 13.6. The zero-order chi connectivity index (χ0) is 21.4. The molecule has 7 heteroatoms. The second-order valence-corrected chi connectivity index (χ2v) is 9.16. The topological polar surface area (TPSA) is 59.8 Å². The van der Waals surface area contributed by atoms with E-state index in [0.29, 0.717) is 19.1 Å². The number of nitrogens with one attached hydrogen (secondary N) is 1. The van der Waals surface area contributed by atoms with Crippen molar-refractivity contribution in [1.82, 2.24) is 19.9 Å². The van der Waals surface area contributed by atoms with Crippen LogP contribution in [0.4, 0.5) is 4.39 Å². The standard InChI is InChI=1S/C24H23FN4OS/c1-15-5-6-17(25)10-16(15)12-27-18-7-8-20-21(11-18)31-23-22(20)24(30)29(14-28-23)13-19-4-2-3-9-26-19/h2-6,9-10,14,18,27H,7-8,11-13H2,1H3/t18-/m0/s1. The molecule has 5 nitrogen and oxygen atoms in total. The molecule has 5 rings (SSSR count). The molecule has 1 aliphatic rings. The minimum atomic E-state index is -0.203. The van der Waals surface area contributed by atoms with Crippen LogP contribution in [0.5, 0.6) is 0 Å². The summed E-state index contributed by atoms with van der Waals surface area (Å²) in [6.07, 6.45) is 6.02. The molecular formula is C24H23FN4OS. The van der Waals surface area contributed by atoms with Gasteiger partial charge < -0.3 is 5.32 Å². The number of thiophene rings is 1. The Morgan fingerprint density at radius 3 is 3.00 bits per heavy atom. The highest BCUT2D eigenvalue weighted by atomic mass is 32.1. The third kappa shape index (κ3) is 4.03. The Morgan fingerprint density at radius 2 is 2.16 bits per heavy atom. The number of aryl methyl sites for hydroxylation is 2. The first kappa shape index (κ1) is 20.0. The minimum Gasteiger partial charge on any atom is -0.310 e. The van der Waals surface area contributed by atoms with Crippen LogP contribution in [0.25, 0.3) is 10.2 Å². The van der Waals surface area contributed by atoms with Gasteiger partial charge in [0.25, 0.3) is 5.56 Å². The largest absolute Gasteiger partial charge is 0.310 e. The Kier molecular flexibility index (Phi) is 5.38. The zero-order valence-corrected chi connectivity index (χ0v) is 18.1. The summed E-state index contributed by atoms with van der Waals surface area (Å²) < 4.78 is 15.2. The molecule has 158 valence electrons. The maximum absolute atomic E-state index is 13.6. The number of halogens is 1. The van der Waals surface area contributed by atoms with Gasteiger partial charge in [0.15, 0.2) is 0 Å². The lowest BCUT2D eigenvalue weighted by atomic mass is 9.93. The molecule has 1 aromatic carbocycles. The van der Waals surface area contributed by atoms with Gasteiger partial charge in [0.2, 0.25) is 0 Å². The van der Waals surface area contributed by atoms with Crippen molar-refractivity contribution in [3.63, 3.8) is 0 Å². The van der Waals surface area contributed by atoms with Crippen molar-refractivity contribution in [1.29, 1.82) is 0 Å². The van der Waals surface area contributed by atoms with Gasteiger partial charge in [-0.15, -0.1) is 11.3 Å². The molecule has 0 spiro atoms. The van der Waals surface area contributed by atoms with Crippen molar-refractivity contribution in [3.8, 4) is 0 Å². The van der Waals surface area contributed by atoms with E-state index in [2.05, 4.69) is 15.3 Å². The van der Waals surface area contributed by atoms with E-state index in [1.807, 2.05) is 31.2 Å². The fourth-order valence-corrected chi connectivity index (χ4v) is 5.50. The molecule has 1 aliphatic carbocycles. The summed E-state index contributed by atoms with van der Waals surface area (Å²) in [5.41, 5.74) is 4.07. The minimum absolute atomic E-state index is 0.00921. The van der Waals surface area contributed by atoms with E-state index < -0.39 is 0 Å². The van der Waals surface area contributed by atoms with Crippen LogP contribution in [-0.2, 0) is 25.9 Å². The van der Waals surface area contributed by atoms with Gasteiger partial charge in [0.05, 0.1) is 24.0 Å². The number of aromatic nitrogens is 3. The van der Waals surface area contributed by atoms with Crippen molar-refractivity contribution < 1.29 is 4.39 Å². The van der Waals surface area contributed by atoms with Crippen molar-refractivity contribution in [2.45, 2.75) is 45.3 Å². The number of rotatable bonds is 5. The molecule has 1 N–H and O–H groups in total. The molecule has 31 heavy (non-hydrogen) atoms. The smallest absolute Gasteiger partial charge is 0.262 e. The van der Waals surface area contributed by atoms with Crippen LogP contribution in [0, 0.1) is 12.7 Å². The van der Waals surface area contributed by atoms with Crippen molar-refractivity contribution in [2.75, 3.05) is 0 Å². The van der Waals surface area contributed by atoms with Crippen molar-refractivity contribution in [3.05, 3.63) is 92.4 Å². The summed E-state index contributed by atoms with van der Waals surface area (Å²) in [4.78, 5) is 24.1. The number of benzene rings is 1. The van der Waals surface area contributed by atoms with E-state index in [1.165, 1.54) is 10.9 Å². The highest BCUT2D eigenvalue weighted by Gasteiger charge is 2.25. The average Bonchev–Trinajstić information content (AvgIpc) is 3.15. The Hall–Kier alpha value is -2.90. The lowest BCUT2D eigenvalue weighted by Gasteiger charge is -2.24. The molecule has 1 atom stereocenters. The van der Waals surface area contributed by atoms with Crippen molar-refractivity contribution >= 4 is 21.6 Å². The monoisotopic (exact) mass is 434 g/mol. The number of hydrogen-bond donors (Lipinski definition) is 1. The third-order valence-corrected chi connectivity index (χ3v) is 7.15. The molecule has 0 bridgehead atoms. The van der Waals surface area contributed by atoms with Crippen LogP contribution < -0.4 is 10.9 Å². The van der Waals surface area contributed by atoms with E-state index in [4.69, 9.17) is 0 Å². The van der Waals surface area contributed by atoms with Crippen LogP contribution in [-0.4, -0.2) is 20.6 Å². The molecule has 0 saturated carbocycles. The van der Waals surface area contributed by atoms with E-state index in [-0.39, 0.29) is 11.4 Å². The van der Waals surface area contributed by atoms with Crippen LogP contribution in [0.3, 0.4) is 0 Å². The number of pyridine rings is 1. The molecule has 4 aromatic rings. The van der Waals surface area contributed by atoms with Gasteiger partial charge in [0, 0.05) is 23.7 Å². The molecule has 0 aliphatic heterocycles. The molecule has 3 heterocycles. The highest BCUT2D eigenvalue weighted by Crippen LogP contribution is 2.33. The molecular weight excluding hydrogens is 411 g/mol. The normalized spacial score (nSPS) is 15.9. The highest BCUT2D eigenvalue weighted by molar-refractivity contribution is 7.18. The van der Waals surface area contributed by atoms with E-state index in [1.54, 1.807) is 34.5 Å². The van der Waals surface area contributed by atoms with Gasteiger partial charge in [-0.25, -0.2) is 9.37 Å². The lowest BCUT2D eigenvalue weighted by Crippen LogP contribution is -2.34. The van der Waals surface area contributed by atoms with Gasteiger partial charge in [-0.1, -0.05) is 12.1 Å². The molecule has 0 saturated heterocycles. The quantitative estimate of drug-likeness (QED) is 0.516. The van der Waals surface area contributed by atoms with Gasteiger partial charge >= 0.3 is 0 Å². The van der Waals surface area contributed by atoms with Gasteiger partial charge in [0.1, 0.15) is 10.6 Å². The molecule has 0 fully saturated rings. The lowest BCUT2D eigenvalue weighted by molar-refractivity contribution is 0.461. The summed E-state index contributed by atoms with van der Waals surface area (Å²) in [5, 5.41) is 4.34. The fourth-order valence-electron chi connectivity index (χ4n) is 4.24. The first-order valence-electron chi connectivity index (χ1n) is 10.5. The Bertz CT molecular complexity index is 1300. The second-order valence-electron chi connectivity index (χ2n) is 8.07. The third-order valence-electron chi connectivity index (χ3n) is 5.99. The maximum Gasteiger partial charge on any atom is 0.262 e. The first-order valence-corrected chi connectivity index (χ1v) is 11.3. The van der Waals surface area contributed by atoms with Crippen LogP contribution in [0.1, 0.15) is 33.7 Å². The number of hydrogen-bond acceptors (Lipinski definition) is 5. The second kappa shape index (κ2) is 8.32. The Labute approximate surface area is 183 Å². The summed E-state index contributed by atoms with van der Waals surface area (Å²) in [7, 11) is 0. The van der Waals surface area contributed by atoms with E-state index in [9.17, 15) is 9.18 Å². The molecule has 3 aromatic heterocycles. The summed E-state index contributed by atoms with van der Waals surface area (Å²) in [6.45, 7) is 3.07. The van der Waals surface area contributed by atoms with Crippen LogP contribution in [0.15, 0.2) is 53.7 Å². The van der Waals surface area contributed by atoms with Gasteiger partial charge in [-0.05, 0) is 67.1 Å². The Balaban J connectivity index is 1.36. The van der Waals surface area contributed by atoms with Crippen LogP contribution >= 0.6 is 11.3 Å². The summed E-state index contributed by atoms with van der Waals surface area (Å²) in [6, 6.07) is 10.9.